The molecule has 0 bridgehead atoms. The minimum Gasteiger partial charge on any atom is -0.387 e. The van der Waals surface area contributed by atoms with E-state index in [1.165, 1.54) is 0 Å². The molecule has 0 spiro atoms. The molecule has 4 heteroatoms. The lowest BCUT2D eigenvalue weighted by molar-refractivity contribution is -0.270. The molecule has 0 amide bonds. The molecule has 1 aliphatic rings. The maximum absolute atomic E-state index is 9.80. The molecule has 1 heterocycles. The first kappa shape index (κ1) is 10.9. The number of rotatable bonds is 2. The first-order chi connectivity index (χ1) is 5.97. The van der Waals surface area contributed by atoms with E-state index in [0.29, 0.717) is 13.0 Å². The summed E-state index contributed by atoms with van der Waals surface area (Å²) in [5.74, 6) is 0. The molecule has 0 aromatic heterocycles. The quantitative estimate of drug-likeness (QED) is 0.656. The van der Waals surface area contributed by atoms with E-state index in [-0.39, 0.29) is 6.10 Å². The average molecular weight is 190 g/mol. The van der Waals surface area contributed by atoms with E-state index in [4.69, 9.17) is 9.47 Å². The Labute approximate surface area is 78.5 Å². The van der Waals surface area contributed by atoms with Crippen molar-refractivity contribution < 1.29 is 19.7 Å². The van der Waals surface area contributed by atoms with Gasteiger partial charge in [0.1, 0.15) is 6.10 Å². The molecule has 0 aromatic rings. The van der Waals surface area contributed by atoms with Crippen LogP contribution in [-0.2, 0) is 9.47 Å². The van der Waals surface area contributed by atoms with Gasteiger partial charge in [-0.1, -0.05) is 0 Å². The molecule has 1 aliphatic heterocycles. The minimum absolute atomic E-state index is 0.312. The minimum atomic E-state index is -1.11. The summed E-state index contributed by atoms with van der Waals surface area (Å²) < 4.78 is 10.6. The smallest absolute Gasteiger partial charge is 0.160 e. The molecule has 78 valence electrons. The van der Waals surface area contributed by atoms with Crippen LogP contribution in [0.1, 0.15) is 27.2 Å². The molecular formula is C9H18O4. The van der Waals surface area contributed by atoms with Crippen molar-refractivity contribution in [3.8, 4) is 0 Å². The van der Waals surface area contributed by atoms with Crippen molar-refractivity contribution in [1.82, 2.24) is 0 Å². The fourth-order valence-corrected chi connectivity index (χ4v) is 1.61. The van der Waals surface area contributed by atoms with Crippen LogP contribution in [0.3, 0.4) is 0 Å². The zero-order chi connectivity index (χ0) is 10.1. The lowest BCUT2D eigenvalue weighted by Crippen LogP contribution is -2.55. The van der Waals surface area contributed by atoms with Gasteiger partial charge in [0.2, 0.25) is 0 Å². The number of hydrogen-bond acceptors (Lipinski definition) is 4. The molecule has 2 N–H and O–H groups in total. The zero-order valence-corrected chi connectivity index (χ0v) is 8.36. The normalized spacial score (nSPS) is 46.4. The van der Waals surface area contributed by atoms with Gasteiger partial charge in [-0.3, -0.25) is 0 Å². The SMILES string of the molecule is CCO[C@H]1C[C@](C)(O)[C@H](O)[C@H](C)O1. The van der Waals surface area contributed by atoms with Crippen LogP contribution in [0.25, 0.3) is 0 Å². The molecule has 4 atom stereocenters. The maximum atomic E-state index is 9.80. The van der Waals surface area contributed by atoms with Gasteiger partial charge in [-0.25, -0.2) is 0 Å². The fraction of sp³-hybridized carbons (Fsp3) is 1.00. The lowest BCUT2D eigenvalue weighted by Gasteiger charge is -2.41. The molecule has 4 nitrogen and oxygen atoms in total. The van der Waals surface area contributed by atoms with Crippen molar-refractivity contribution in [3.05, 3.63) is 0 Å². The topological polar surface area (TPSA) is 58.9 Å². The van der Waals surface area contributed by atoms with E-state index in [0.717, 1.165) is 0 Å². The molecule has 0 aliphatic carbocycles. The molecule has 0 radical (unpaired) electrons. The zero-order valence-electron chi connectivity index (χ0n) is 8.36. The van der Waals surface area contributed by atoms with E-state index in [1.807, 2.05) is 6.92 Å². The Morgan fingerprint density at radius 3 is 2.69 bits per heavy atom. The summed E-state index contributed by atoms with van der Waals surface area (Å²) in [6.45, 7) is 5.74. The van der Waals surface area contributed by atoms with E-state index < -0.39 is 18.0 Å². The van der Waals surface area contributed by atoms with Crippen molar-refractivity contribution >= 4 is 0 Å². The number of hydrogen-bond donors (Lipinski definition) is 2. The van der Waals surface area contributed by atoms with Crippen LogP contribution in [0, 0.1) is 0 Å². The Bertz CT molecular complexity index is 169. The monoisotopic (exact) mass is 190 g/mol. The largest absolute Gasteiger partial charge is 0.387 e. The van der Waals surface area contributed by atoms with E-state index in [9.17, 15) is 10.2 Å². The lowest BCUT2D eigenvalue weighted by atomic mass is 9.89. The summed E-state index contributed by atoms with van der Waals surface area (Å²) in [5.41, 5.74) is -1.11. The number of ether oxygens (including phenoxy) is 2. The Balaban J connectivity index is 2.59. The highest BCUT2D eigenvalue weighted by molar-refractivity contribution is 4.90. The first-order valence-electron chi connectivity index (χ1n) is 4.65. The Hall–Kier alpha value is -0.160. The van der Waals surface area contributed by atoms with Crippen molar-refractivity contribution in [2.24, 2.45) is 0 Å². The first-order valence-corrected chi connectivity index (χ1v) is 4.65. The third-order valence-corrected chi connectivity index (χ3v) is 2.38. The van der Waals surface area contributed by atoms with Gasteiger partial charge in [-0.05, 0) is 20.8 Å². The fourth-order valence-electron chi connectivity index (χ4n) is 1.61. The summed E-state index contributed by atoms with van der Waals surface area (Å²) in [6.07, 6.45) is -1.32. The second-order valence-corrected chi connectivity index (χ2v) is 3.73. The molecule has 1 saturated heterocycles. The number of aliphatic hydroxyl groups excluding tert-OH is 1. The average Bonchev–Trinajstić information content (AvgIpc) is 2.00. The summed E-state index contributed by atoms with van der Waals surface area (Å²) in [7, 11) is 0. The highest BCUT2D eigenvalue weighted by Crippen LogP contribution is 2.29. The second-order valence-electron chi connectivity index (χ2n) is 3.73. The molecule has 1 rings (SSSR count). The Morgan fingerprint density at radius 2 is 2.23 bits per heavy atom. The summed E-state index contributed by atoms with van der Waals surface area (Å²) >= 11 is 0. The van der Waals surface area contributed by atoms with Gasteiger partial charge >= 0.3 is 0 Å². The third-order valence-electron chi connectivity index (χ3n) is 2.38. The van der Waals surface area contributed by atoms with E-state index in [1.54, 1.807) is 13.8 Å². The standard InChI is InChI=1S/C9H18O4/c1-4-12-7-5-9(3,11)8(10)6(2)13-7/h6-8,10-11H,4-5H2,1-3H3/t6-,7+,8+,9-/m0/s1. The number of aliphatic hydroxyl groups is 2. The molecule has 0 saturated carbocycles. The predicted molar refractivity (Wildman–Crippen MR) is 47.2 cm³/mol. The van der Waals surface area contributed by atoms with E-state index in [2.05, 4.69) is 0 Å². The van der Waals surface area contributed by atoms with Gasteiger partial charge in [0.05, 0.1) is 11.7 Å². The predicted octanol–water partition coefficient (Wildman–Crippen LogP) is 0.270. The highest BCUT2D eigenvalue weighted by Gasteiger charge is 2.43. The molecular weight excluding hydrogens is 172 g/mol. The van der Waals surface area contributed by atoms with Gasteiger partial charge < -0.3 is 19.7 Å². The van der Waals surface area contributed by atoms with Gasteiger partial charge in [0, 0.05) is 13.0 Å². The van der Waals surface area contributed by atoms with Gasteiger partial charge in [-0.15, -0.1) is 0 Å². The molecule has 1 fully saturated rings. The highest BCUT2D eigenvalue weighted by atomic mass is 16.7. The van der Waals surface area contributed by atoms with Crippen LogP contribution < -0.4 is 0 Å². The summed E-state index contributed by atoms with van der Waals surface area (Å²) in [6, 6.07) is 0. The van der Waals surface area contributed by atoms with Crippen LogP contribution in [0.15, 0.2) is 0 Å². The van der Waals surface area contributed by atoms with Gasteiger partial charge in [0.15, 0.2) is 6.29 Å². The van der Waals surface area contributed by atoms with Crippen molar-refractivity contribution in [2.45, 2.75) is 51.3 Å². The second kappa shape index (κ2) is 3.92. The van der Waals surface area contributed by atoms with Gasteiger partial charge in [-0.2, -0.15) is 0 Å². The Kier molecular flexibility index (Phi) is 3.29. The summed E-state index contributed by atoms with van der Waals surface area (Å²) in [4.78, 5) is 0. The van der Waals surface area contributed by atoms with E-state index >= 15 is 0 Å². The van der Waals surface area contributed by atoms with Crippen LogP contribution in [0.4, 0.5) is 0 Å². The van der Waals surface area contributed by atoms with Crippen LogP contribution >= 0.6 is 0 Å². The maximum Gasteiger partial charge on any atom is 0.160 e. The van der Waals surface area contributed by atoms with Crippen LogP contribution in [-0.4, -0.2) is 40.9 Å². The van der Waals surface area contributed by atoms with Crippen LogP contribution in [0.5, 0.6) is 0 Å². The van der Waals surface area contributed by atoms with Crippen molar-refractivity contribution in [1.29, 1.82) is 0 Å². The Morgan fingerprint density at radius 1 is 1.62 bits per heavy atom. The molecule has 13 heavy (non-hydrogen) atoms. The van der Waals surface area contributed by atoms with Gasteiger partial charge in [0.25, 0.3) is 0 Å². The van der Waals surface area contributed by atoms with Crippen molar-refractivity contribution in [2.75, 3.05) is 6.61 Å². The van der Waals surface area contributed by atoms with Crippen molar-refractivity contribution in [3.63, 3.8) is 0 Å². The molecule has 0 unspecified atom stereocenters. The third kappa shape index (κ3) is 2.40. The molecule has 0 aromatic carbocycles. The summed E-state index contributed by atoms with van der Waals surface area (Å²) in [5, 5.41) is 19.4. The van der Waals surface area contributed by atoms with Crippen LogP contribution in [0.2, 0.25) is 0 Å².